The molecule has 2 atom stereocenters. The quantitative estimate of drug-likeness (QED) is 0.614. The predicted octanol–water partition coefficient (Wildman–Crippen LogP) is 3.27. The van der Waals surface area contributed by atoms with Crippen LogP contribution in [-0.4, -0.2) is 29.8 Å². The van der Waals surface area contributed by atoms with Crippen LogP contribution < -0.4 is 15.6 Å². The van der Waals surface area contributed by atoms with Crippen molar-refractivity contribution in [2.45, 2.75) is 57.4 Å². The first-order valence-corrected chi connectivity index (χ1v) is 12.2. The molecule has 0 bridgehead atoms. The summed E-state index contributed by atoms with van der Waals surface area (Å²) in [5.74, 6) is 0.765. The highest BCUT2D eigenvalue weighted by molar-refractivity contribution is 6.03. The van der Waals surface area contributed by atoms with Crippen LogP contribution in [0, 0.1) is 22.7 Å². The molecule has 180 valence electrons. The lowest BCUT2D eigenvalue weighted by atomic mass is 9.69. The van der Waals surface area contributed by atoms with E-state index in [4.69, 9.17) is 4.74 Å². The Morgan fingerprint density at radius 1 is 1.29 bits per heavy atom. The molecule has 0 saturated heterocycles. The van der Waals surface area contributed by atoms with Gasteiger partial charge in [0.15, 0.2) is 5.78 Å². The van der Waals surface area contributed by atoms with Gasteiger partial charge < -0.3 is 15.0 Å². The molecule has 0 aliphatic heterocycles. The van der Waals surface area contributed by atoms with Crippen LogP contribution in [0.4, 0.5) is 0 Å². The molecular weight excluding hydrogens is 442 g/mol. The Kier molecular flexibility index (Phi) is 6.06. The van der Waals surface area contributed by atoms with Gasteiger partial charge in [0, 0.05) is 35.7 Å². The molecule has 1 saturated carbocycles. The lowest BCUT2D eigenvalue weighted by molar-refractivity contribution is -0.127. The number of ketones is 1. The second-order valence-corrected chi connectivity index (χ2v) is 10.1. The Morgan fingerprint density at radius 3 is 2.86 bits per heavy atom. The Balaban J connectivity index is 1.32. The van der Waals surface area contributed by atoms with Crippen molar-refractivity contribution < 1.29 is 14.3 Å². The second-order valence-electron chi connectivity index (χ2n) is 10.1. The number of amides is 1. The number of hydrogen-bond acceptors (Lipinski definition) is 5. The van der Waals surface area contributed by atoms with Gasteiger partial charge in [-0.05, 0) is 60.9 Å². The van der Waals surface area contributed by atoms with Gasteiger partial charge >= 0.3 is 0 Å². The molecule has 1 fully saturated rings. The maximum atomic E-state index is 13.5. The number of hydrogen-bond donors (Lipinski definition) is 2. The number of ether oxygens (including phenoxy) is 1. The van der Waals surface area contributed by atoms with E-state index in [0.717, 1.165) is 35.3 Å². The average Bonchev–Trinajstić information content (AvgIpc) is 3.57. The largest absolute Gasteiger partial charge is 0.496 e. The first-order valence-electron chi connectivity index (χ1n) is 12.2. The van der Waals surface area contributed by atoms with E-state index in [2.05, 4.69) is 16.4 Å². The second kappa shape index (κ2) is 9.18. The van der Waals surface area contributed by atoms with E-state index >= 15 is 0 Å². The van der Waals surface area contributed by atoms with Crippen molar-refractivity contribution in [1.29, 1.82) is 5.26 Å². The fraction of sp³-hybridized carbons (Fsp3) is 0.429. The first-order chi connectivity index (χ1) is 16.9. The summed E-state index contributed by atoms with van der Waals surface area (Å²) in [4.78, 5) is 41.7. The molecule has 7 nitrogen and oxygen atoms in total. The van der Waals surface area contributed by atoms with Crippen LogP contribution in [0.1, 0.15) is 54.4 Å². The van der Waals surface area contributed by atoms with Gasteiger partial charge in [-0.25, -0.2) is 0 Å². The molecule has 1 amide bonds. The molecule has 3 aliphatic carbocycles. The van der Waals surface area contributed by atoms with E-state index in [1.807, 2.05) is 30.3 Å². The van der Waals surface area contributed by atoms with Crippen LogP contribution in [0.2, 0.25) is 0 Å². The molecule has 1 heterocycles. The standard InChI is InChI=1S/C28H29N3O4/c1-35-25-4-2-3-19-12-20(13-21(19)25)26(33)31-23(11-17-5-6-17)24(32)15-28(16-29)9-7-18-8-10-30-27(34)22(18)14-28/h2-4,8,10,13,17,23H,5-7,9,11-12,14-15H2,1H3,(H,30,34)(H,31,33)/t23-,28+/m0/s1. The highest BCUT2D eigenvalue weighted by atomic mass is 16.5. The predicted molar refractivity (Wildman–Crippen MR) is 131 cm³/mol. The number of fused-ring (bicyclic) bond motifs is 2. The van der Waals surface area contributed by atoms with Crippen LogP contribution >= 0.6 is 0 Å². The molecular formula is C28H29N3O4. The number of rotatable bonds is 8. The minimum Gasteiger partial charge on any atom is -0.496 e. The van der Waals surface area contributed by atoms with Crippen LogP contribution in [0.15, 0.2) is 40.8 Å². The van der Waals surface area contributed by atoms with Crippen molar-refractivity contribution in [2.75, 3.05) is 7.11 Å². The Labute approximate surface area is 204 Å². The summed E-state index contributed by atoms with van der Waals surface area (Å²) in [6.07, 6.45) is 8.04. The number of H-pyrrole nitrogens is 1. The van der Waals surface area contributed by atoms with Crippen molar-refractivity contribution >= 4 is 17.8 Å². The van der Waals surface area contributed by atoms with E-state index in [1.54, 1.807) is 13.3 Å². The SMILES string of the molecule is COc1cccc2c1C=C(C(=O)N[C@@H](CC1CC1)C(=O)C[C@@]1(C#N)CCc3cc[nH]c(=O)c3C1)C2. The smallest absolute Gasteiger partial charge is 0.251 e. The number of carbonyl (C=O) groups excluding carboxylic acids is 2. The third-order valence-electron chi connectivity index (χ3n) is 7.63. The van der Waals surface area contributed by atoms with Crippen LogP contribution in [0.5, 0.6) is 5.75 Å². The van der Waals surface area contributed by atoms with Crippen molar-refractivity contribution in [3.8, 4) is 11.8 Å². The lowest BCUT2D eigenvalue weighted by Crippen LogP contribution is -2.44. The molecule has 35 heavy (non-hydrogen) atoms. The fourth-order valence-electron chi connectivity index (χ4n) is 5.39. The van der Waals surface area contributed by atoms with E-state index in [-0.39, 0.29) is 30.1 Å². The summed E-state index contributed by atoms with van der Waals surface area (Å²) >= 11 is 0. The van der Waals surface area contributed by atoms with E-state index < -0.39 is 11.5 Å². The van der Waals surface area contributed by atoms with Gasteiger partial charge in [0.25, 0.3) is 5.56 Å². The topological polar surface area (TPSA) is 112 Å². The van der Waals surface area contributed by atoms with Gasteiger partial charge in [0.05, 0.1) is 24.6 Å². The molecule has 0 unspecified atom stereocenters. The number of aromatic nitrogens is 1. The molecule has 0 radical (unpaired) electrons. The van der Waals surface area contributed by atoms with E-state index in [1.165, 1.54) is 0 Å². The number of nitriles is 1. The Morgan fingerprint density at radius 2 is 2.11 bits per heavy atom. The number of methoxy groups -OCH3 is 1. The summed E-state index contributed by atoms with van der Waals surface area (Å²) in [7, 11) is 1.61. The molecule has 2 aromatic rings. The van der Waals surface area contributed by atoms with Crippen LogP contribution in [0.3, 0.4) is 0 Å². The number of Topliss-reactive ketones (excluding diaryl/α,β-unsaturated/α-hetero) is 1. The summed E-state index contributed by atoms with van der Waals surface area (Å²) in [5.41, 5.74) is 2.94. The summed E-state index contributed by atoms with van der Waals surface area (Å²) in [6, 6.07) is 9.34. The molecule has 5 rings (SSSR count). The van der Waals surface area contributed by atoms with E-state index in [9.17, 15) is 19.6 Å². The third-order valence-corrected chi connectivity index (χ3v) is 7.63. The first kappa shape index (κ1) is 23.1. The zero-order chi connectivity index (χ0) is 24.6. The number of nitrogens with zero attached hydrogens (tertiary/aromatic N) is 1. The maximum Gasteiger partial charge on any atom is 0.251 e. The number of aryl methyl sites for hydroxylation is 1. The Hall–Kier alpha value is -3.66. The third kappa shape index (κ3) is 4.66. The van der Waals surface area contributed by atoms with Gasteiger partial charge in [-0.2, -0.15) is 5.26 Å². The lowest BCUT2D eigenvalue weighted by Gasteiger charge is -2.32. The average molecular weight is 472 g/mol. The fourth-order valence-corrected chi connectivity index (χ4v) is 5.39. The van der Waals surface area contributed by atoms with Crippen LogP contribution in [-0.2, 0) is 28.9 Å². The monoisotopic (exact) mass is 471 g/mol. The zero-order valence-corrected chi connectivity index (χ0v) is 19.9. The molecule has 1 aromatic heterocycles. The zero-order valence-electron chi connectivity index (χ0n) is 19.9. The van der Waals surface area contributed by atoms with Gasteiger partial charge in [-0.3, -0.25) is 14.4 Å². The normalized spacial score (nSPS) is 21.2. The maximum absolute atomic E-state index is 13.5. The van der Waals surface area contributed by atoms with Gasteiger partial charge in [-0.1, -0.05) is 25.0 Å². The number of pyridine rings is 1. The molecule has 1 aromatic carbocycles. The minimum absolute atomic E-state index is 0.0298. The highest BCUT2D eigenvalue weighted by Gasteiger charge is 2.41. The number of nitrogens with one attached hydrogen (secondary N) is 2. The Bertz CT molecular complexity index is 1310. The molecule has 3 aliphatic rings. The molecule has 0 spiro atoms. The number of benzene rings is 1. The summed E-state index contributed by atoms with van der Waals surface area (Å²) in [5, 5.41) is 13.1. The van der Waals surface area contributed by atoms with Gasteiger partial charge in [0.1, 0.15) is 5.75 Å². The number of carbonyl (C=O) groups is 2. The number of aromatic amines is 1. The van der Waals surface area contributed by atoms with Crippen LogP contribution in [0.25, 0.3) is 6.08 Å². The van der Waals surface area contributed by atoms with Crippen molar-refractivity contribution in [3.05, 3.63) is 68.6 Å². The molecule has 7 heteroatoms. The van der Waals surface area contributed by atoms with Crippen molar-refractivity contribution in [3.63, 3.8) is 0 Å². The van der Waals surface area contributed by atoms with Gasteiger partial charge in [-0.15, -0.1) is 0 Å². The summed E-state index contributed by atoms with van der Waals surface area (Å²) < 4.78 is 5.42. The minimum atomic E-state index is -0.929. The van der Waals surface area contributed by atoms with E-state index in [0.29, 0.717) is 42.7 Å². The summed E-state index contributed by atoms with van der Waals surface area (Å²) in [6.45, 7) is 0. The van der Waals surface area contributed by atoms with Crippen molar-refractivity contribution in [2.24, 2.45) is 11.3 Å². The highest BCUT2D eigenvalue weighted by Crippen LogP contribution is 2.39. The van der Waals surface area contributed by atoms with Gasteiger partial charge in [0.2, 0.25) is 5.91 Å². The van der Waals surface area contributed by atoms with Crippen molar-refractivity contribution in [1.82, 2.24) is 10.3 Å². The molecule has 2 N–H and O–H groups in total.